The Labute approximate surface area is 175 Å². The summed E-state index contributed by atoms with van der Waals surface area (Å²) in [6, 6.07) is 11.5. The van der Waals surface area contributed by atoms with Crippen molar-refractivity contribution >= 4 is 21.6 Å². The van der Waals surface area contributed by atoms with Gasteiger partial charge in [0.1, 0.15) is 0 Å². The number of carbonyl (C=O) groups is 1. The minimum atomic E-state index is -3.87. The molecule has 9 heteroatoms. The number of hydrogen-bond donors (Lipinski definition) is 2. The average Bonchev–Trinajstić information content (AvgIpc) is 3.08. The highest BCUT2D eigenvalue weighted by atomic mass is 32.2. The third-order valence-electron chi connectivity index (χ3n) is 4.55. The summed E-state index contributed by atoms with van der Waals surface area (Å²) in [5.74, 6) is 0.280. The Morgan fingerprint density at radius 3 is 2.43 bits per heavy atom. The number of amides is 1. The summed E-state index contributed by atoms with van der Waals surface area (Å²) in [4.78, 5) is 17.1. The van der Waals surface area contributed by atoms with Crippen molar-refractivity contribution in [3.8, 4) is 0 Å². The van der Waals surface area contributed by atoms with E-state index in [0.717, 1.165) is 5.56 Å². The molecule has 0 spiro atoms. The molecular weight excluding hydrogens is 404 g/mol. The van der Waals surface area contributed by atoms with Crippen LogP contribution in [0.15, 0.2) is 51.9 Å². The maximum Gasteiger partial charge on any atom is 0.261 e. The predicted octanol–water partition coefficient (Wildman–Crippen LogP) is 3.46. The molecule has 3 aromatic rings. The standard InChI is InChI=1S/C21H24N4O4S/c1-13-7-6-8-16(11-13)25-30(27,28)17-10-9-14(2)18(12-17)19(26)23-21(4,5)20-22-15(3)29-24-20/h6-12,25H,1-5H3,(H,23,26). The summed E-state index contributed by atoms with van der Waals surface area (Å²) in [5, 5.41) is 6.70. The van der Waals surface area contributed by atoms with Crippen molar-refractivity contribution in [3.63, 3.8) is 0 Å². The minimum Gasteiger partial charge on any atom is -0.340 e. The van der Waals surface area contributed by atoms with Crippen LogP contribution in [-0.4, -0.2) is 24.5 Å². The molecule has 0 aliphatic carbocycles. The number of rotatable bonds is 6. The molecule has 0 saturated carbocycles. The van der Waals surface area contributed by atoms with Crippen LogP contribution in [0, 0.1) is 20.8 Å². The summed E-state index contributed by atoms with van der Waals surface area (Å²) < 4.78 is 33.2. The minimum absolute atomic E-state index is 0.00651. The van der Waals surface area contributed by atoms with Crippen molar-refractivity contribution in [1.29, 1.82) is 0 Å². The molecule has 0 radical (unpaired) electrons. The molecule has 0 bridgehead atoms. The predicted molar refractivity (Wildman–Crippen MR) is 113 cm³/mol. The Morgan fingerprint density at radius 1 is 1.07 bits per heavy atom. The first-order valence-corrected chi connectivity index (χ1v) is 10.8. The molecule has 1 aromatic heterocycles. The first-order valence-electron chi connectivity index (χ1n) is 9.31. The van der Waals surface area contributed by atoms with E-state index in [1.165, 1.54) is 12.1 Å². The van der Waals surface area contributed by atoms with Crippen molar-refractivity contribution in [3.05, 3.63) is 70.9 Å². The Hall–Kier alpha value is -3.20. The van der Waals surface area contributed by atoms with Gasteiger partial charge in [-0.05, 0) is 63.1 Å². The Kier molecular flexibility index (Phi) is 5.67. The van der Waals surface area contributed by atoms with Gasteiger partial charge in [0.25, 0.3) is 15.9 Å². The van der Waals surface area contributed by atoms with Crippen molar-refractivity contribution in [2.24, 2.45) is 0 Å². The summed E-state index contributed by atoms with van der Waals surface area (Å²) in [5.41, 5.74) is 1.36. The number of nitrogens with one attached hydrogen (secondary N) is 2. The van der Waals surface area contributed by atoms with Gasteiger partial charge in [0, 0.05) is 18.2 Å². The Balaban J connectivity index is 1.88. The third-order valence-corrected chi connectivity index (χ3v) is 5.93. The van der Waals surface area contributed by atoms with Crippen LogP contribution in [0.4, 0.5) is 5.69 Å². The van der Waals surface area contributed by atoms with E-state index >= 15 is 0 Å². The highest BCUT2D eigenvalue weighted by Gasteiger charge is 2.29. The summed E-state index contributed by atoms with van der Waals surface area (Å²) >= 11 is 0. The van der Waals surface area contributed by atoms with Gasteiger partial charge in [0.05, 0.1) is 10.4 Å². The van der Waals surface area contributed by atoms with Gasteiger partial charge in [-0.2, -0.15) is 4.98 Å². The van der Waals surface area contributed by atoms with Crippen LogP contribution in [0.3, 0.4) is 0 Å². The van der Waals surface area contributed by atoms with E-state index in [2.05, 4.69) is 20.2 Å². The highest BCUT2D eigenvalue weighted by molar-refractivity contribution is 7.92. The van der Waals surface area contributed by atoms with Gasteiger partial charge in [-0.1, -0.05) is 23.4 Å². The third kappa shape index (κ3) is 4.68. The largest absolute Gasteiger partial charge is 0.340 e. The lowest BCUT2D eigenvalue weighted by Gasteiger charge is -2.23. The van der Waals surface area contributed by atoms with E-state index in [-0.39, 0.29) is 10.5 Å². The van der Waals surface area contributed by atoms with Crippen molar-refractivity contribution in [2.45, 2.75) is 45.1 Å². The lowest BCUT2D eigenvalue weighted by atomic mass is 10.0. The lowest BCUT2D eigenvalue weighted by Crippen LogP contribution is -2.42. The number of sulfonamides is 1. The maximum absolute atomic E-state index is 12.9. The van der Waals surface area contributed by atoms with Gasteiger partial charge >= 0.3 is 0 Å². The monoisotopic (exact) mass is 428 g/mol. The second-order valence-corrected chi connectivity index (χ2v) is 9.35. The number of hydrogen-bond acceptors (Lipinski definition) is 6. The second-order valence-electron chi connectivity index (χ2n) is 7.67. The molecule has 30 heavy (non-hydrogen) atoms. The van der Waals surface area contributed by atoms with Gasteiger partial charge in [0.2, 0.25) is 5.89 Å². The average molecular weight is 429 g/mol. The molecule has 158 valence electrons. The van der Waals surface area contributed by atoms with Gasteiger partial charge < -0.3 is 9.84 Å². The fraction of sp³-hybridized carbons (Fsp3) is 0.286. The molecule has 0 unspecified atom stereocenters. The molecule has 2 aromatic carbocycles. The van der Waals surface area contributed by atoms with Crippen LogP contribution in [0.1, 0.15) is 47.0 Å². The molecule has 0 saturated heterocycles. The van der Waals surface area contributed by atoms with Gasteiger partial charge in [-0.15, -0.1) is 0 Å². The van der Waals surface area contributed by atoms with Crippen LogP contribution in [0.2, 0.25) is 0 Å². The van der Waals surface area contributed by atoms with E-state index in [9.17, 15) is 13.2 Å². The first kappa shape index (κ1) is 21.5. The maximum atomic E-state index is 12.9. The molecule has 8 nitrogen and oxygen atoms in total. The highest BCUT2D eigenvalue weighted by Crippen LogP contribution is 2.22. The molecule has 0 fully saturated rings. The fourth-order valence-electron chi connectivity index (χ4n) is 2.90. The van der Waals surface area contributed by atoms with Crippen LogP contribution >= 0.6 is 0 Å². The Morgan fingerprint density at radius 2 is 1.80 bits per heavy atom. The van der Waals surface area contributed by atoms with Crippen molar-refractivity contribution < 1.29 is 17.7 Å². The Bertz CT molecular complexity index is 1200. The second kappa shape index (κ2) is 7.91. The first-order chi connectivity index (χ1) is 14.0. The van der Waals surface area contributed by atoms with E-state index in [1.54, 1.807) is 52.0 Å². The smallest absolute Gasteiger partial charge is 0.261 e. The van der Waals surface area contributed by atoms with Crippen LogP contribution in [0.5, 0.6) is 0 Å². The van der Waals surface area contributed by atoms with Gasteiger partial charge in [-0.25, -0.2) is 8.42 Å². The SMILES string of the molecule is Cc1cccc(NS(=O)(=O)c2ccc(C)c(C(=O)NC(C)(C)c3noc(C)n3)c2)c1. The number of nitrogens with zero attached hydrogens (tertiary/aromatic N) is 2. The van der Waals surface area contributed by atoms with Gasteiger partial charge in [0.15, 0.2) is 5.82 Å². The fourth-order valence-corrected chi connectivity index (χ4v) is 3.97. The van der Waals surface area contributed by atoms with E-state index in [1.807, 2.05) is 13.0 Å². The quantitative estimate of drug-likeness (QED) is 0.621. The summed E-state index contributed by atoms with van der Waals surface area (Å²) in [7, 11) is -3.87. The zero-order valence-corrected chi connectivity index (χ0v) is 18.3. The summed E-state index contributed by atoms with van der Waals surface area (Å²) in [6.07, 6.45) is 0. The molecule has 2 N–H and O–H groups in total. The van der Waals surface area contributed by atoms with E-state index in [4.69, 9.17) is 4.52 Å². The van der Waals surface area contributed by atoms with Crippen LogP contribution in [0.25, 0.3) is 0 Å². The van der Waals surface area contributed by atoms with E-state index < -0.39 is 21.5 Å². The zero-order chi connectivity index (χ0) is 22.1. The van der Waals surface area contributed by atoms with Crippen LogP contribution < -0.4 is 10.0 Å². The number of anilines is 1. The number of aryl methyl sites for hydroxylation is 3. The van der Waals surface area contributed by atoms with E-state index in [0.29, 0.717) is 23.0 Å². The number of carbonyl (C=O) groups excluding carboxylic acids is 1. The van der Waals surface area contributed by atoms with Crippen LogP contribution in [-0.2, 0) is 15.6 Å². The molecular formula is C21H24N4O4S. The zero-order valence-electron chi connectivity index (χ0n) is 17.5. The number of aromatic nitrogens is 2. The molecule has 0 atom stereocenters. The van der Waals surface area contributed by atoms with Crippen molar-refractivity contribution in [1.82, 2.24) is 15.5 Å². The number of benzene rings is 2. The molecule has 1 amide bonds. The normalized spacial score (nSPS) is 11.9. The van der Waals surface area contributed by atoms with Gasteiger partial charge in [-0.3, -0.25) is 9.52 Å². The van der Waals surface area contributed by atoms with Crippen molar-refractivity contribution in [2.75, 3.05) is 4.72 Å². The molecule has 1 heterocycles. The molecule has 3 rings (SSSR count). The lowest BCUT2D eigenvalue weighted by molar-refractivity contribution is 0.0906. The molecule has 0 aliphatic heterocycles. The molecule has 0 aliphatic rings. The topological polar surface area (TPSA) is 114 Å². The summed E-state index contributed by atoms with van der Waals surface area (Å²) in [6.45, 7) is 8.76.